The maximum Gasteiger partial charge on any atom is 0.251 e. The normalized spacial score (nSPS) is 10.8. The third kappa shape index (κ3) is 3.26. The van der Waals surface area contributed by atoms with Crippen LogP contribution in [-0.4, -0.2) is 16.7 Å². The summed E-state index contributed by atoms with van der Waals surface area (Å²) in [5.74, 6) is 0.852. The number of nitrogens with zero attached hydrogens (tertiary/aromatic N) is 2. The Labute approximate surface area is 145 Å². The lowest BCUT2D eigenvalue weighted by Gasteiger charge is -2.11. The maximum atomic E-state index is 12.0. The molecule has 0 spiro atoms. The second kappa shape index (κ2) is 6.61. The average molecular weight is 340 g/mol. The van der Waals surface area contributed by atoms with Gasteiger partial charge in [0.25, 0.3) is 5.56 Å². The Morgan fingerprint density at radius 1 is 1.17 bits per heavy atom. The van der Waals surface area contributed by atoms with Crippen LogP contribution in [0, 0.1) is 20.8 Å². The van der Waals surface area contributed by atoms with Crippen molar-refractivity contribution in [1.82, 2.24) is 9.55 Å². The van der Waals surface area contributed by atoms with Crippen molar-refractivity contribution in [2.24, 2.45) is 0 Å². The Morgan fingerprint density at radius 3 is 2.67 bits per heavy atom. The number of ether oxygens (including phenoxy) is 1. The number of pyridine rings is 1. The molecule has 124 valence electrons. The maximum absolute atomic E-state index is 12.0. The topological polar surface area (TPSA) is 44.1 Å². The second-order valence-corrected chi connectivity index (χ2v) is 6.90. The predicted molar refractivity (Wildman–Crippen MR) is 98.1 cm³/mol. The molecule has 5 heteroatoms. The number of benzene rings is 1. The second-order valence-electron chi connectivity index (χ2n) is 5.96. The first-order valence-electron chi connectivity index (χ1n) is 7.75. The van der Waals surface area contributed by atoms with Crippen LogP contribution in [-0.2, 0) is 6.54 Å². The number of rotatable bonds is 4. The Balaban J connectivity index is 1.95. The van der Waals surface area contributed by atoms with E-state index in [2.05, 4.69) is 19.1 Å². The van der Waals surface area contributed by atoms with E-state index in [4.69, 9.17) is 9.72 Å². The van der Waals surface area contributed by atoms with Crippen LogP contribution in [0.15, 0.2) is 40.6 Å². The number of aryl methyl sites for hydroxylation is 3. The lowest BCUT2D eigenvalue weighted by molar-refractivity contribution is 0.413. The number of aromatic nitrogens is 2. The van der Waals surface area contributed by atoms with Crippen LogP contribution in [0.4, 0.5) is 0 Å². The van der Waals surface area contributed by atoms with Crippen LogP contribution in [0.1, 0.15) is 21.7 Å². The summed E-state index contributed by atoms with van der Waals surface area (Å²) in [5, 5.41) is 2.92. The molecule has 3 rings (SSSR count). The van der Waals surface area contributed by atoms with E-state index in [1.807, 2.05) is 31.5 Å². The summed E-state index contributed by atoms with van der Waals surface area (Å²) in [5.41, 5.74) is 5.11. The third-order valence-corrected chi connectivity index (χ3v) is 4.74. The highest BCUT2D eigenvalue weighted by molar-refractivity contribution is 7.09. The molecule has 0 aliphatic rings. The van der Waals surface area contributed by atoms with E-state index in [1.165, 1.54) is 5.56 Å². The SMILES string of the molecule is COc1c(C)cc(C)cc1-c1csc(Cn2ccc(C)cc2=O)n1. The van der Waals surface area contributed by atoms with Gasteiger partial charge in [0.2, 0.25) is 0 Å². The van der Waals surface area contributed by atoms with Gasteiger partial charge < -0.3 is 9.30 Å². The van der Waals surface area contributed by atoms with Crippen molar-refractivity contribution in [3.63, 3.8) is 0 Å². The first-order chi connectivity index (χ1) is 11.5. The van der Waals surface area contributed by atoms with E-state index in [0.717, 1.165) is 33.1 Å². The van der Waals surface area contributed by atoms with E-state index >= 15 is 0 Å². The Kier molecular flexibility index (Phi) is 4.53. The van der Waals surface area contributed by atoms with Gasteiger partial charge >= 0.3 is 0 Å². The van der Waals surface area contributed by atoms with Crippen LogP contribution in [0.3, 0.4) is 0 Å². The van der Waals surface area contributed by atoms with Gasteiger partial charge in [0.05, 0.1) is 19.3 Å². The molecule has 1 aromatic carbocycles. The minimum Gasteiger partial charge on any atom is -0.496 e. The number of hydrogen-bond donors (Lipinski definition) is 0. The van der Waals surface area contributed by atoms with Crippen LogP contribution in [0.5, 0.6) is 5.75 Å². The number of hydrogen-bond acceptors (Lipinski definition) is 4. The molecular formula is C19H20N2O2S. The molecule has 3 aromatic rings. The van der Waals surface area contributed by atoms with E-state index < -0.39 is 0 Å². The molecule has 0 aliphatic carbocycles. The number of thiazole rings is 1. The van der Waals surface area contributed by atoms with Gasteiger partial charge in [0, 0.05) is 23.2 Å². The van der Waals surface area contributed by atoms with Gasteiger partial charge in [-0.15, -0.1) is 11.3 Å². The van der Waals surface area contributed by atoms with Gasteiger partial charge in [-0.25, -0.2) is 4.98 Å². The summed E-state index contributed by atoms with van der Waals surface area (Å²) in [7, 11) is 1.68. The van der Waals surface area contributed by atoms with E-state index in [0.29, 0.717) is 6.54 Å². The van der Waals surface area contributed by atoms with Crippen LogP contribution >= 0.6 is 11.3 Å². The molecule has 4 nitrogen and oxygen atoms in total. The van der Waals surface area contributed by atoms with Crippen molar-refractivity contribution in [1.29, 1.82) is 0 Å². The molecule has 0 fully saturated rings. The minimum absolute atomic E-state index is 0.00395. The molecule has 0 unspecified atom stereocenters. The van der Waals surface area contributed by atoms with Crippen LogP contribution < -0.4 is 10.3 Å². The van der Waals surface area contributed by atoms with Gasteiger partial charge in [-0.05, 0) is 49.6 Å². The average Bonchev–Trinajstić information content (AvgIpc) is 2.98. The van der Waals surface area contributed by atoms with Gasteiger partial charge in [-0.2, -0.15) is 0 Å². The summed E-state index contributed by atoms with van der Waals surface area (Å²) < 4.78 is 7.23. The van der Waals surface area contributed by atoms with Gasteiger partial charge in [0.1, 0.15) is 10.8 Å². The van der Waals surface area contributed by atoms with Crippen molar-refractivity contribution in [2.75, 3.05) is 7.11 Å². The Bertz CT molecular complexity index is 941. The van der Waals surface area contributed by atoms with E-state index in [-0.39, 0.29) is 5.56 Å². The standard InChI is InChI=1S/C19H20N2O2S/c1-12-5-6-21(18(22)9-12)10-17-20-16(11-24-17)15-8-13(2)7-14(3)19(15)23-4/h5-9,11H,10H2,1-4H3. The molecule has 0 aliphatic heterocycles. The van der Waals surface area contributed by atoms with Gasteiger partial charge in [-0.3, -0.25) is 4.79 Å². The molecule has 0 N–H and O–H groups in total. The molecule has 0 atom stereocenters. The molecule has 2 aromatic heterocycles. The summed E-state index contributed by atoms with van der Waals surface area (Å²) in [6, 6.07) is 7.76. The first kappa shape index (κ1) is 16.5. The number of methoxy groups -OCH3 is 1. The fraction of sp³-hybridized carbons (Fsp3) is 0.263. The summed E-state index contributed by atoms with van der Waals surface area (Å²) in [6.45, 7) is 6.50. The molecule has 0 saturated carbocycles. The predicted octanol–water partition coefficient (Wildman–Crippen LogP) is 3.95. The lowest BCUT2D eigenvalue weighted by atomic mass is 10.0. The first-order valence-corrected chi connectivity index (χ1v) is 8.63. The highest BCUT2D eigenvalue weighted by Gasteiger charge is 2.13. The zero-order valence-corrected chi connectivity index (χ0v) is 15.1. The van der Waals surface area contributed by atoms with Crippen molar-refractivity contribution in [3.8, 4) is 17.0 Å². The molecule has 2 heterocycles. The molecular weight excluding hydrogens is 320 g/mol. The molecule has 0 saturated heterocycles. The largest absolute Gasteiger partial charge is 0.496 e. The minimum atomic E-state index is -0.00395. The van der Waals surface area contributed by atoms with E-state index in [9.17, 15) is 4.79 Å². The molecule has 0 bridgehead atoms. The zero-order chi connectivity index (χ0) is 17.3. The smallest absolute Gasteiger partial charge is 0.251 e. The van der Waals surface area contributed by atoms with Crippen LogP contribution in [0.25, 0.3) is 11.3 Å². The van der Waals surface area contributed by atoms with Crippen molar-refractivity contribution in [3.05, 3.63) is 67.9 Å². The van der Waals surface area contributed by atoms with Crippen LogP contribution in [0.2, 0.25) is 0 Å². The lowest BCUT2D eigenvalue weighted by Crippen LogP contribution is -2.19. The third-order valence-electron chi connectivity index (χ3n) is 3.91. The van der Waals surface area contributed by atoms with Crippen molar-refractivity contribution in [2.45, 2.75) is 27.3 Å². The zero-order valence-electron chi connectivity index (χ0n) is 14.3. The Morgan fingerprint density at radius 2 is 1.96 bits per heavy atom. The van der Waals surface area contributed by atoms with Crippen molar-refractivity contribution >= 4 is 11.3 Å². The molecule has 0 radical (unpaired) electrons. The fourth-order valence-electron chi connectivity index (χ4n) is 2.81. The van der Waals surface area contributed by atoms with Crippen molar-refractivity contribution < 1.29 is 4.74 Å². The quantitative estimate of drug-likeness (QED) is 0.722. The summed E-state index contributed by atoms with van der Waals surface area (Å²) in [4.78, 5) is 16.7. The molecule has 24 heavy (non-hydrogen) atoms. The summed E-state index contributed by atoms with van der Waals surface area (Å²) in [6.07, 6.45) is 1.82. The molecule has 0 amide bonds. The van der Waals surface area contributed by atoms with E-state index in [1.54, 1.807) is 29.1 Å². The monoisotopic (exact) mass is 340 g/mol. The van der Waals surface area contributed by atoms with Gasteiger partial charge in [0.15, 0.2) is 0 Å². The van der Waals surface area contributed by atoms with Gasteiger partial charge in [-0.1, -0.05) is 6.07 Å². The Hall–Kier alpha value is -2.40. The summed E-state index contributed by atoms with van der Waals surface area (Å²) >= 11 is 1.56. The highest BCUT2D eigenvalue weighted by atomic mass is 32.1. The highest BCUT2D eigenvalue weighted by Crippen LogP contribution is 2.34. The fourth-order valence-corrected chi connectivity index (χ4v) is 3.60.